The molecule has 35 heavy (non-hydrogen) atoms. The third kappa shape index (κ3) is 3.39. The van der Waals surface area contributed by atoms with E-state index in [1.165, 1.54) is 4.68 Å². The fourth-order valence-electron chi connectivity index (χ4n) is 4.99. The van der Waals surface area contributed by atoms with Gasteiger partial charge in [-0.1, -0.05) is 35.9 Å². The summed E-state index contributed by atoms with van der Waals surface area (Å²) in [6, 6.07) is 9.82. The van der Waals surface area contributed by atoms with Gasteiger partial charge in [0.05, 0.1) is 0 Å². The second-order valence-electron chi connectivity index (χ2n) is 8.76. The summed E-state index contributed by atoms with van der Waals surface area (Å²) in [6.45, 7) is 0.478. The van der Waals surface area contributed by atoms with Gasteiger partial charge in [-0.25, -0.2) is 13.8 Å². The van der Waals surface area contributed by atoms with Crippen LogP contribution in [0.2, 0.25) is 5.15 Å². The molecule has 1 aromatic carbocycles. The van der Waals surface area contributed by atoms with E-state index in [1.807, 2.05) is 0 Å². The standard InChI is InChI=1S/C24H19ClF2N6O2/c1-31-11-16(20(30-31)22(26)27)14-4-2-3-5-15(14)19-21(25)32-7-6-12(8-18(32)29-19)24(35)33-10-13-9-17(33)23(34)28-13/h2-8,11,13,17,22H,9-10H2,1H3,(H,28,34)/t13-,17-/m0/s1. The molecule has 0 unspecified atom stereocenters. The number of pyridine rings is 1. The Bertz CT molecular complexity index is 1510. The summed E-state index contributed by atoms with van der Waals surface area (Å²) in [7, 11) is 1.59. The highest BCUT2D eigenvalue weighted by molar-refractivity contribution is 6.32. The van der Waals surface area contributed by atoms with Crippen LogP contribution >= 0.6 is 11.6 Å². The number of aromatic nitrogens is 4. The van der Waals surface area contributed by atoms with Crippen molar-refractivity contribution in [3.63, 3.8) is 0 Å². The van der Waals surface area contributed by atoms with Gasteiger partial charge in [0.2, 0.25) is 5.91 Å². The monoisotopic (exact) mass is 496 g/mol. The summed E-state index contributed by atoms with van der Waals surface area (Å²) in [6.07, 6.45) is 1.07. The number of hydrogen-bond donors (Lipinski definition) is 1. The quantitative estimate of drug-likeness (QED) is 0.467. The van der Waals surface area contributed by atoms with Gasteiger partial charge in [-0.05, 0) is 24.1 Å². The Labute approximate surface area is 203 Å². The van der Waals surface area contributed by atoms with Crippen LogP contribution in [0.5, 0.6) is 0 Å². The minimum absolute atomic E-state index is 0.00485. The number of piperazine rings is 1. The van der Waals surface area contributed by atoms with Crippen molar-refractivity contribution in [1.82, 2.24) is 29.4 Å². The number of halogens is 3. The summed E-state index contributed by atoms with van der Waals surface area (Å²) in [5.41, 5.74) is 2.29. The largest absolute Gasteiger partial charge is 0.350 e. The lowest BCUT2D eigenvalue weighted by Gasteiger charge is -2.26. The molecule has 2 atom stereocenters. The molecule has 0 aliphatic carbocycles. The fourth-order valence-corrected chi connectivity index (χ4v) is 5.28. The van der Waals surface area contributed by atoms with Crippen LogP contribution in [0.25, 0.3) is 28.0 Å². The number of carbonyl (C=O) groups excluding carboxylic acids is 2. The molecular weight excluding hydrogens is 478 g/mol. The van der Waals surface area contributed by atoms with Crippen LogP contribution in [0.1, 0.15) is 28.9 Å². The summed E-state index contributed by atoms with van der Waals surface area (Å²) >= 11 is 6.67. The lowest BCUT2D eigenvalue weighted by molar-refractivity contribution is -0.124. The lowest BCUT2D eigenvalue weighted by atomic mass is 9.98. The Morgan fingerprint density at radius 1 is 1.20 bits per heavy atom. The van der Waals surface area contributed by atoms with Gasteiger partial charge in [-0.3, -0.25) is 18.7 Å². The number of fused-ring (bicyclic) bond motifs is 3. The summed E-state index contributed by atoms with van der Waals surface area (Å²) in [5, 5.41) is 7.06. The zero-order valence-electron chi connectivity index (χ0n) is 18.5. The van der Waals surface area contributed by atoms with Crippen LogP contribution in [-0.2, 0) is 11.8 Å². The molecular formula is C24H19ClF2N6O2. The Hall–Kier alpha value is -3.79. The number of nitrogens with zero attached hydrogens (tertiary/aromatic N) is 5. The van der Waals surface area contributed by atoms with Gasteiger partial charge in [-0.2, -0.15) is 5.10 Å². The smallest absolute Gasteiger partial charge is 0.282 e. The van der Waals surface area contributed by atoms with Crippen molar-refractivity contribution >= 4 is 29.1 Å². The third-order valence-electron chi connectivity index (χ3n) is 6.56. The number of carbonyl (C=O) groups is 2. The molecule has 2 bridgehead atoms. The summed E-state index contributed by atoms with van der Waals surface area (Å²) in [4.78, 5) is 31.4. The van der Waals surface area contributed by atoms with Gasteiger partial charge >= 0.3 is 0 Å². The van der Waals surface area contributed by atoms with E-state index in [-0.39, 0.29) is 28.7 Å². The number of amides is 2. The Morgan fingerprint density at radius 2 is 1.97 bits per heavy atom. The first-order valence-electron chi connectivity index (χ1n) is 11.0. The zero-order valence-corrected chi connectivity index (χ0v) is 19.2. The van der Waals surface area contributed by atoms with Gasteiger partial charge in [0.15, 0.2) is 0 Å². The van der Waals surface area contributed by atoms with Gasteiger partial charge < -0.3 is 10.2 Å². The van der Waals surface area contributed by atoms with Crippen LogP contribution in [0.3, 0.4) is 0 Å². The van der Waals surface area contributed by atoms with Gasteiger partial charge in [-0.15, -0.1) is 0 Å². The predicted molar refractivity (Wildman–Crippen MR) is 124 cm³/mol. The molecule has 1 N–H and O–H groups in total. The zero-order chi connectivity index (χ0) is 24.4. The van der Waals surface area contributed by atoms with Crippen molar-refractivity contribution in [3.05, 3.63) is 65.2 Å². The average Bonchev–Trinajstić information content (AvgIpc) is 3.60. The van der Waals surface area contributed by atoms with Crippen molar-refractivity contribution < 1.29 is 18.4 Å². The van der Waals surface area contributed by atoms with E-state index < -0.39 is 12.5 Å². The molecule has 2 aliphatic rings. The minimum Gasteiger partial charge on any atom is -0.350 e. The first kappa shape index (κ1) is 21.7. The molecule has 2 amide bonds. The van der Waals surface area contributed by atoms with Crippen molar-refractivity contribution in [3.8, 4) is 22.4 Å². The molecule has 0 spiro atoms. The van der Waals surface area contributed by atoms with Crippen molar-refractivity contribution in [2.24, 2.45) is 7.05 Å². The molecule has 6 rings (SSSR count). The maximum atomic E-state index is 13.7. The Balaban J connectivity index is 1.42. The molecule has 2 saturated heterocycles. The van der Waals surface area contributed by atoms with E-state index in [1.54, 1.807) is 65.1 Å². The molecule has 2 aliphatic heterocycles. The maximum absolute atomic E-state index is 13.7. The van der Waals surface area contributed by atoms with E-state index in [4.69, 9.17) is 11.6 Å². The average molecular weight is 497 g/mol. The molecule has 2 fully saturated rings. The SMILES string of the molecule is Cn1cc(-c2ccccc2-c2nc3cc(C(=O)N4C[C@@H]5C[C@H]4C(=O)N5)ccn3c2Cl)c(C(F)F)n1. The Kier molecular flexibility index (Phi) is 4.89. The topological polar surface area (TPSA) is 84.5 Å². The summed E-state index contributed by atoms with van der Waals surface area (Å²) < 4.78 is 30.3. The fraction of sp³-hybridized carbons (Fsp3) is 0.250. The number of likely N-dealkylation sites (tertiary alicyclic amines) is 1. The van der Waals surface area contributed by atoms with Gasteiger partial charge in [0, 0.05) is 48.7 Å². The number of rotatable bonds is 4. The molecule has 0 radical (unpaired) electrons. The Morgan fingerprint density at radius 3 is 2.69 bits per heavy atom. The molecule has 11 heteroatoms. The molecule has 0 saturated carbocycles. The van der Waals surface area contributed by atoms with E-state index >= 15 is 0 Å². The molecule has 4 aromatic rings. The highest BCUT2D eigenvalue weighted by Crippen LogP contribution is 2.39. The lowest BCUT2D eigenvalue weighted by Crippen LogP contribution is -2.50. The van der Waals surface area contributed by atoms with Crippen LogP contribution in [-0.4, -0.2) is 54.5 Å². The molecule has 3 aromatic heterocycles. The van der Waals surface area contributed by atoms with Crippen molar-refractivity contribution in [1.29, 1.82) is 0 Å². The molecule has 5 heterocycles. The first-order chi connectivity index (χ1) is 16.8. The maximum Gasteiger partial charge on any atom is 0.282 e. The van der Waals surface area contributed by atoms with Crippen molar-refractivity contribution in [2.45, 2.75) is 24.9 Å². The highest BCUT2D eigenvalue weighted by Gasteiger charge is 2.46. The second kappa shape index (κ2) is 7.88. The highest BCUT2D eigenvalue weighted by atomic mass is 35.5. The van der Waals surface area contributed by atoms with E-state index in [0.29, 0.717) is 46.6 Å². The van der Waals surface area contributed by atoms with E-state index in [2.05, 4.69) is 15.4 Å². The van der Waals surface area contributed by atoms with Crippen LogP contribution in [0, 0.1) is 0 Å². The van der Waals surface area contributed by atoms with Gasteiger partial charge in [0.25, 0.3) is 12.3 Å². The molecule has 8 nitrogen and oxygen atoms in total. The van der Waals surface area contributed by atoms with Crippen LogP contribution < -0.4 is 5.32 Å². The molecule has 178 valence electrons. The predicted octanol–water partition coefficient (Wildman–Crippen LogP) is 3.71. The normalized spacial score (nSPS) is 19.2. The van der Waals surface area contributed by atoms with E-state index in [9.17, 15) is 18.4 Å². The van der Waals surface area contributed by atoms with Crippen LogP contribution in [0.15, 0.2) is 48.8 Å². The minimum atomic E-state index is -2.74. The van der Waals surface area contributed by atoms with Gasteiger partial charge in [0.1, 0.15) is 28.2 Å². The van der Waals surface area contributed by atoms with Crippen molar-refractivity contribution in [2.75, 3.05) is 6.54 Å². The number of benzene rings is 1. The van der Waals surface area contributed by atoms with E-state index in [0.717, 1.165) is 0 Å². The number of aryl methyl sites for hydroxylation is 1. The first-order valence-corrected chi connectivity index (χ1v) is 11.4. The number of hydrogen-bond acceptors (Lipinski definition) is 4. The number of alkyl halides is 2. The number of imidazole rings is 1. The van der Waals surface area contributed by atoms with Crippen LogP contribution in [0.4, 0.5) is 8.78 Å². The summed E-state index contributed by atoms with van der Waals surface area (Å²) in [5.74, 6) is -0.371. The third-order valence-corrected chi connectivity index (χ3v) is 6.92. The second-order valence-corrected chi connectivity index (χ2v) is 9.12. The number of nitrogens with one attached hydrogen (secondary N) is 1.